The largest absolute Gasteiger partial charge is 0.319 e. The van der Waals surface area contributed by atoms with E-state index in [0.717, 1.165) is 31.4 Å². The Labute approximate surface area is 116 Å². The second-order valence-corrected chi connectivity index (χ2v) is 6.29. The highest BCUT2D eigenvalue weighted by Crippen LogP contribution is 2.43. The summed E-state index contributed by atoms with van der Waals surface area (Å²) in [6.07, 6.45) is 4.32. The lowest BCUT2D eigenvalue weighted by molar-refractivity contribution is 0.0614. The maximum absolute atomic E-state index is 12.6. The smallest absolute Gasteiger partial charge is 0.170 e. The van der Waals surface area contributed by atoms with Gasteiger partial charge in [-0.05, 0) is 37.8 Å². The van der Waals surface area contributed by atoms with E-state index in [2.05, 4.69) is 31.3 Å². The molecular weight excluding hydrogens is 234 g/mol. The predicted molar refractivity (Wildman–Crippen MR) is 79.5 cm³/mol. The lowest BCUT2D eigenvalue weighted by Gasteiger charge is -2.40. The maximum Gasteiger partial charge on any atom is 0.170 e. The first kappa shape index (κ1) is 14.3. The lowest BCUT2D eigenvalue weighted by Crippen LogP contribution is -2.45. The van der Waals surface area contributed by atoms with E-state index in [-0.39, 0.29) is 5.41 Å². The van der Waals surface area contributed by atoms with Crippen LogP contribution in [0.2, 0.25) is 0 Å². The Morgan fingerprint density at radius 1 is 1.26 bits per heavy atom. The Kier molecular flexibility index (Phi) is 4.41. The number of nitrogens with one attached hydrogen (secondary N) is 1. The molecule has 1 aliphatic rings. The van der Waals surface area contributed by atoms with Gasteiger partial charge in [-0.2, -0.15) is 0 Å². The number of carbonyl (C=O) groups excluding carboxylic acids is 1. The zero-order valence-corrected chi connectivity index (χ0v) is 12.3. The van der Waals surface area contributed by atoms with Crippen molar-refractivity contribution in [2.45, 2.75) is 39.5 Å². The number of benzene rings is 1. The SMILES string of the molecule is CNCC1(C(=O)c2ccc(CC(C)C)cc2)CCC1. The molecule has 0 radical (unpaired) electrons. The van der Waals surface area contributed by atoms with Crippen molar-refractivity contribution in [3.63, 3.8) is 0 Å². The minimum absolute atomic E-state index is 0.131. The maximum atomic E-state index is 12.6. The van der Waals surface area contributed by atoms with Gasteiger partial charge < -0.3 is 5.32 Å². The predicted octanol–water partition coefficient (Wildman–Crippen LogP) is 3.46. The summed E-state index contributed by atoms with van der Waals surface area (Å²) in [5.74, 6) is 0.980. The van der Waals surface area contributed by atoms with Gasteiger partial charge in [-0.3, -0.25) is 4.79 Å². The molecule has 1 fully saturated rings. The van der Waals surface area contributed by atoms with Crippen LogP contribution in [0.15, 0.2) is 24.3 Å². The number of ketones is 1. The number of hydrogen-bond donors (Lipinski definition) is 1. The van der Waals surface area contributed by atoms with Crippen LogP contribution in [0.5, 0.6) is 0 Å². The first-order valence-corrected chi connectivity index (χ1v) is 7.36. The summed E-state index contributed by atoms with van der Waals surface area (Å²) in [6.45, 7) is 5.24. The van der Waals surface area contributed by atoms with Gasteiger partial charge in [0.05, 0.1) is 0 Å². The molecule has 1 saturated carbocycles. The first-order valence-electron chi connectivity index (χ1n) is 7.36. The molecule has 1 aromatic carbocycles. The van der Waals surface area contributed by atoms with Crippen molar-refractivity contribution in [3.05, 3.63) is 35.4 Å². The molecule has 2 rings (SSSR count). The van der Waals surface area contributed by atoms with E-state index in [9.17, 15) is 4.79 Å². The van der Waals surface area contributed by atoms with Crippen molar-refractivity contribution >= 4 is 5.78 Å². The van der Waals surface area contributed by atoms with E-state index in [1.807, 2.05) is 19.2 Å². The van der Waals surface area contributed by atoms with Crippen molar-refractivity contribution < 1.29 is 4.79 Å². The average molecular weight is 259 g/mol. The summed E-state index contributed by atoms with van der Waals surface area (Å²) in [5.41, 5.74) is 2.07. The zero-order chi connectivity index (χ0) is 13.9. The quantitative estimate of drug-likeness (QED) is 0.793. The molecule has 0 spiro atoms. The van der Waals surface area contributed by atoms with Gasteiger partial charge in [0, 0.05) is 17.5 Å². The zero-order valence-electron chi connectivity index (χ0n) is 12.3. The highest BCUT2D eigenvalue weighted by atomic mass is 16.1. The second-order valence-electron chi connectivity index (χ2n) is 6.29. The molecule has 1 aliphatic carbocycles. The Morgan fingerprint density at radius 2 is 1.89 bits per heavy atom. The van der Waals surface area contributed by atoms with Gasteiger partial charge in [-0.1, -0.05) is 44.5 Å². The normalized spacial score (nSPS) is 17.3. The number of Topliss-reactive ketones (excluding diaryl/α,β-unsaturated/α-hetero) is 1. The molecule has 2 heteroatoms. The van der Waals surface area contributed by atoms with Crippen LogP contribution in [0.25, 0.3) is 0 Å². The average Bonchev–Trinajstić information content (AvgIpc) is 2.33. The first-order chi connectivity index (χ1) is 9.07. The number of hydrogen-bond acceptors (Lipinski definition) is 2. The van der Waals surface area contributed by atoms with Gasteiger partial charge >= 0.3 is 0 Å². The third kappa shape index (κ3) is 3.06. The van der Waals surface area contributed by atoms with Gasteiger partial charge in [0.15, 0.2) is 5.78 Å². The van der Waals surface area contributed by atoms with Crippen LogP contribution >= 0.6 is 0 Å². The monoisotopic (exact) mass is 259 g/mol. The molecule has 0 aliphatic heterocycles. The summed E-state index contributed by atoms with van der Waals surface area (Å²) >= 11 is 0. The molecular formula is C17H25NO. The fraction of sp³-hybridized carbons (Fsp3) is 0.588. The van der Waals surface area contributed by atoms with Gasteiger partial charge in [0.1, 0.15) is 0 Å². The molecule has 0 heterocycles. The highest BCUT2D eigenvalue weighted by molar-refractivity contribution is 6.01. The second kappa shape index (κ2) is 5.87. The summed E-state index contributed by atoms with van der Waals surface area (Å²) in [6, 6.07) is 8.24. The highest BCUT2D eigenvalue weighted by Gasteiger charge is 2.43. The molecule has 1 aromatic rings. The Bertz CT molecular complexity index is 429. The molecule has 0 aromatic heterocycles. The molecule has 1 N–H and O–H groups in total. The van der Waals surface area contributed by atoms with Crippen LogP contribution in [0.4, 0.5) is 0 Å². The Hall–Kier alpha value is -1.15. The van der Waals surface area contributed by atoms with E-state index >= 15 is 0 Å². The molecule has 0 saturated heterocycles. The van der Waals surface area contributed by atoms with Crippen LogP contribution in [-0.4, -0.2) is 19.4 Å². The van der Waals surface area contributed by atoms with E-state index in [1.54, 1.807) is 0 Å². The summed E-state index contributed by atoms with van der Waals surface area (Å²) < 4.78 is 0. The third-order valence-electron chi connectivity index (χ3n) is 4.17. The van der Waals surface area contributed by atoms with E-state index in [1.165, 1.54) is 12.0 Å². The van der Waals surface area contributed by atoms with Crippen LogP contribution in [0.1, 0.15) is 49.0 Å². The van der Waals surface area contributed by atoms with Crippen molar-refractivity contribution in [1.82, 2.24) is 5.32 Å². The fourth-order valence-electron chi connectivity index (χ4n) is 3.00. The summed E-state index contributed by atoms with van der Waals surface area (Å²) in [4.78, 5) is 12.6. The lowest BCUT2D eigenvalue weighted by atomic mass is 9.64. The summed E-state index contributed by atoms with van der Waals surface area (Å²) in [7, 11) is 1.93. The van der Waals surface area contributed by atoms with Gasteiger partial charge in [0.25, 0.3) is 0 Å². The standard InChI is InChI=1S/C17H25NO/c1-13(2)11-14-5-7-15(8-6-14)16(19)17(12-18-3)9-4-10-17/h5-8,13,18H,4,9-12H2,1-3H3. The topological polar surface area (TPSA) is 29.1 Å². The Balaban J connectivity index is 2.11. The Morgan fingerprint density at radius 3 is 2.32 bits per heavy atom. The fourth-order valence-corrected chi connectivity index (χ4v) is 3.00. The molecule has 19 heavy (non-hydrogen) atoms. The third-order valence-corrected chi connectivity index (χ3v) is 4.17. The number of rotatable bonds is 6. The molecule has 104 valence electrons. The van der Waals surface area contributed by atoms with E-state index < -0.39 is 0 Å². The molecule has 0 atom stereocenters. The minimum Gasteiger partial charge on any atom is -0.319 e. The van der Waals surface area contributed by atoms with Crippen molar-refractivity contribution in [2.75, 3.05) is 13.6 Å². The van der Waals surface area contributed by atoms with E-state index in [0.29, 0.717) is 11.7 Å². The molecule has 0 amide bonds. The van der Waals surface area contributed by atoms with Crippen LogP contribution < -0.4 is 5.32 Å². The molecule has 0 unspecified atom stereocenters. The minimum atomic E-state index is -0.131. The van der Waals surface area contributed by atoms with Crippen molar-refractivity contribution in [2.24, 2.45) is 11.3 Å². The van der Waals surface area contributed by atoms with Crippen molar-refractivity contribution in [3.8, 4) is 0 Å². The van der Waals surface area contributed by atoms with Gasteiger partial charge in [-0.15, -0.1) is 0 Å². The summed E-state index contributed by atoms with van der Waals surface area (Å²) in [5, 5.41) is 3.18. The van der Waals surface area contributed by atoms with Crippen molar-refractivity contribution in [1.29, 1.82) is 0 Å². The van der Waals surface area contributed by atoms with Gasteiger partial charge in [0.2, 0.25) is 0 Å². The van der Waals surface area contributed by atoms with Crippen LogP contribution in [0, 0.1) is 11.3 Å². The molecule has 0 bridgehead atoms. The van der Waals surface area contributed by atoms with Gasteiger partial charge in [-0.25, -0.2) is 0 Å². The van der Waals surface area contributed by atoms with Crippen LogP contribution in [-0.2, 0) is 6.42 Å². The molecule has 2 nitrogen and oxygen atoms in total. The number of carbonyl (C=O) groups is 1. The van der Waals surface area contributed by atoms with Crippen LogP contribution in [0.3, 0.4) is 0 Å². The van der Waals surface area contributed by atoms with E-state index in [4.69, 9.17) is 0 Å².